The van der Waals surface area contributed by atoms with E-state index in [9.17, 15) is 13.2 Å². The van der Waals surface area contributed by atoms with Crippen molar-refractivity contribution in [1.29, 1.82) is 0 Å². The van der Waals surface area contributed by atoms with E-state index in [4.69, 9.17) is 0 Å². The molecule has 0 saturated heterocycles. The van der Waals surface area contributed by atoms with E-state index >= 15 is 0 Å². The summed E-state index contributed by atoms with van der Waals surface area (Å²) in [6, 6.07) is 19.5. The summed E-state index contributed by atoms with van der Waals surface area (Å²) in [5.74, 6) is -0.211. The van der Waals surface area contributed by atoms with Gasteiger partial charge in [-0.15, -0.1) is 0 Å². The lowest BCUT2D eigenvalue weighted by molar-refractivity contribution is 0.0984. The predicted octanol–water partition coefficient (Wildman–Crippen LogP) is 3.83. The van der Waals surface area contributed by atoms with Crippen LogP contribution in [0.2, 0.25) is 0 Å². The van der Waals surface area contributed by atoms with E-state index in [1.165, 1.54) is 6.26 Å². The lowest BCUT2D eigenvalue weighted by atomic mass is 9.99. The Morgan fingerprint density at radius 1 is 0.906 bits per heavy atom. The first-order valence-electron chi connectivity index (χ1n) is 9.88. The van der Waals surface area contributed by atoms with Crippen LogP contribution in [0, 0.1) is 0 Å². The number of benzene rings is 2. The molecule has 0 bridgehead atoms. The van der Waals surface area contributed by atoms with Crippen LogP contribution in [-0.4, -0.2) is 42.4 Å². The topological polar surface area (TPSA) is 85.2 Å². The van der Waals surface area contributed by atoms with E-state index < -0.39 is 9.84 Å². The van der Waals surface area contributed by atoms with E-state index in [-0.39, 0.29) is 10.8 Å². The molecule has 162 valence electrons. The number of nitrogens with zero attached hydrogens (tertiary/aromatic N) is 4. The Morgan fingerprint density at radius 2 is 1.53 bits per heavy atom. The van der Waals surface area contributed by atoms with E-state index in [2.05, 4.69) is 10.1 Å². The van der Waals surface area contributed by atoms with E-state index in [1.807, 2.05) is 42.5 Å². The minimum absolute atomic E-state index is 0.211. The largest absolute Gasteiger partial charge is 0.310 e. The molecule has 2 aromatic carbocycles. The summed E-state index contributed by atoms with van der Waals surface area (Å²) in [5, 5.41) is 4.65. The van der Waals surface area contributed by atoms with E-state index in [0.29, 0.717) is 22.5 Å². The number of hydrogen-bond donors (Lipinski definition) is 0. The average Bonchev–Trinajstić information content (AvgIpc) is 3.15. The van der Waals surface area contributed by atoms with Crippen molar-refractivity contribution in [2.45, 2.75) is 4.90 Å². The van der Waals surface area contributed by atoms with Gasteiger partial charge in [-0.3, -0.25) is 14.5 Å². The van der Waals surface area contributed by atoms with Crippen LogP contribution in [0.25, 0.3) is 22.4 Å². The quantitative estimate of drug-likeness (QED) is 0.465. The molecule has 7 nitrogen and oxygen atoms in total. The van der Waals surface area contributed by atoms with Crippen LogP contribution < -0.4 is 4.90 Å². The van der Waals surface area contributed by atoms with Crippen molar-refractivity contribution in [3.05, 3.63) is 84.8 Å². The van der Waals surface area contributed by atoms with Crippen LogP contribution in [0.1, 0.15) is 10.5 Å². The highest BCUT2D eigenvalue weighted by atomic mass is 32.2. The number of pyridine rings is 1. The summed E-state index contributed by atoms with van der Waals surface area (Å²) < 4.78 is 25.3. The van der Waals surface area contributed by atoms with Crippen LogP contribution in [0.5, 0.6) is 0 Å². The molecule has 0 saturated carbocycles. The van der Waals surface area contributed by atoms with Crippen LogP contribution in [-0.2, 0) is 16.9 Å². The lowest BCUT2D eigenvalue weighted by Crippen LogP contribution is -2.28. The first kappa shape index (κ1) is 21.5. The summed E-state index contributed by atoms with van der Waals surface area (Å²) in [5.41, 5.74) is 3.93. The highest BCUT2D eigenvalue weighted by Gasteiger charge is 2.27. The molecule has 2 aromatic heterocycles. The summed E-state index contributed by atoms with van der Waals surface area (Å²) in [6.45, 7) is 0. The minimum Gasteiger partial charge on any atom is -0.310 e. The van der Waals surface area contributed by atoms with Gasteiger partial charge in [0.1, 0.15) is 11.4 Å². The second kappa shape index (κ2) is 8.39. The van der Waals surface area contributed by atoms with Gasteiger partial charge in [-0.1, -0.05) is 30.3 Å². The Hall–Kier alpha value is -3.78. The summed E-state index contributed by atoms with van der Waals surface area (Å²) in [6.07, 6.45) is 4.49. The maximum atomic E-state index is 13.6. The van der Waals surface area contributed by atoms with Crippen molar-refractivity contribution < 1.29 is 13.2 Å². The van der Waals surface area contributed by atoms with Crippen molar-refractivity contribution in [1.82, 2.24) is 14.8 Å². The van der Waals surface area contributed by atoms with Crippen molar-refractivity contribution in [2.75, 3.05) is 18.2 Å². The molecule has 4 rings (SSSR count). The monoisotopic (exact) mass is 446 g/mol. The zero-order valence-corrected chi connectivity index (χ0v) is 18.7. The number of sulfone groups is 1. The van der Waals surface area contributed by atoms with Crippen molar-refractivity contribution >= 4 is 21.4 Å². The Balaban J connectivity index is 1.89. The second-order valence-corrected chi connectivity index (χ2v) is 9.44. The number of anilines is 1. The zero-order valence-electron chi connectivity index (χ0n) is 17.9. The van der Waals surface area contributed by atoms with Crippen LogP contribution in [0.3, 0.4) is 0 Å². The number of para-hydroxylation sites is 1. The van der Waals surface area contributed by atoms with Crippen LogP contribution >= 0.6 is 0 Å². The maximum absolute atomic E-state index is 13.6. The van der Waals surface area contributed by atoms with Gasteiger partial charge in [0, 0.05) is 49.6 Å². The highest BCUT2D eigenvalue weighted by molar-refractivity contribution is 7.90. The van der Waals surface area contributed by atoms with Gasteiger partial charge in [0.25, 0.3) is 5.91 Å². The number of carbonyl (C=O) groups excluding carboxylic acids is 1. The van der Waals surface area contributed by atoms with Crippen molar-refractivity contribution in [2.24, 2.45) is 7.05 Å². The van der Waals surface area contributed by atoms with Gasteiger partial charge in [0.2, 0.25) is 0 Å². The van der Waals surface area contributed by atoms with E-state index in [1.54, 1.807) is 60.3 Å². The van der Waals surface area contributed by atoms with Gasteiger partial charge >= 0.3 is 0 Å². The molecule has 32 heavy (non-hydrogen) atoms. The number of carbonyl (C=O) groups is 1. The van der Waals surface area contributed by atoms with Crippen LogP contribution in [0.4, 0.5) is 5.69 Å². The molecular formula is C24H22N4O3S. The molecule has 1 amide bonds. The number of aryl methyl sites for hydroxylation is 1. The fourth-order valence-corrected chi connectivity index (χ4v) is 4.18. The molecule has 4 aromatic rings. The molecule has 0 spiro atoms. The Morgan fingerprint density at radius 3 is 2.12 bits per heavy atom. The molecule has 0 aliphatic rings. The van der Waals surface area contributed by atoms with Gasteiger partial charge in [0.15, 0.2) is 9.84 Å². The summed E-state index contributed by atoms with van der Waals surface area (Å²) in [7, 11) is 0.134. The third kappa shape index (κ3) is 4.04. The normalized spacial score (nSPS) is 11.3. The highest BCUT2D eigenvalue weighted by Crippen LogP contribution is 2.35. The van der Waals surface area contributed by atoms with Gasteiger partial charge in [0.05, 0.1) is 4.90 Å². The molecule has 0 aliphatic carbocycles. The molecule has 0 unspecified atom stereocenters. The fraction of sp³-hybridized carbons (Fsp3) is 0.125. The Labute approximate surface area is 186 Å². The van der Waals surface area contributed by atoms with Crippen LogP contribution in [0.15, 0.2) is 84.0 Å². The number of aromatic nitrogens is 3. The predicted molar refractivity (Wildman–Crippen MR) is 124 cm³/mol. The molecule has 8 heteroatoms. The minimum atomic E-state index is -3.32. The molecule has 0 atom stereocenters. The molecule has 0 aliphatic heterocycles. The lowest BCUT2D eigenvalue weighted by Gasteiger charge is -2.18. The Kier molecular flexibility index (Phi) is 5.63. The summed E-state index contributed by atoms with van der Waals surface area (Å²) >= 11 is 0. The third-order valence-corrected chi connectivity index (χ3v) is 6.35. The molecule has 0 fully saturated rings. The first-order chi connectivity index (χ1) is 15.3. The standard InChI is InChI=1S/C24H22N4O3S/c1-27(19-7-5-4-6-8-19)24(29)23-21(17-13-15-25-16-14-17)22(26-28(23)2)18-9-11-20(12-10-18)32(3,30)31/h4-16H,1-3H3. The van der Waals surface area contributed by atoms with Crippen molar-refractivity contribution in [3.8, 4) is 22.4 Å². The third-order valence-electron chi connectivity index (χ3n) is 5.22. The van der Waals surface area contributed by atoms with Crippen molar-refractivity contribution in [3.63, 3.8) is 0 Å². The van der Waals surface area contributed by atoms with Gasteiger partial charge in [-0.2, -0.15) is 5.10 Å². The second-order valence-electron chi connectivity index (χ2n) is 7.43. The average molecular weight is 447 g/mol. The zero-order chi connectivity index (χ0) is 22.9. The van der Waals surface area contributed by atoms with E-state index in [0.717, 1.165) is 11.3 Å². The smallest absolute Gasteiger partial charge is 0.276 e. The Bertz CT molecular complexity index is 1360. The fourth-order valence-electron chi connectivity index (χ4n) is 3.55. The first-order valence-corrected chi connectivity index (χ1v) is 11.8. The molecule has 0 radical (unpaired) electrons. The maximum Gasteiger partial charge on any atom is 0.276 e. The number of hydrogen-bond acceptors (Lipinski definition) is 5. The molecular weight excluding hydrogens is 424 g/mol. The summed E-state index contributed by atoms with van der Waals surface area (Å²) in [4.78, 5) is 19.5. The van der Waals surface area contributed by atoms with Gasteiger partial charge in [-0.25, -0.2) is 8.42 Å². The molecule has 2 heterocycles. The molecule has 0 N–H and O–H groups in total. The number of rotatable bonds is 5. The van der Waals surface area contributed by atoms with Gasteiger partial charge in [-0.05, 0) is 42.0 Å². The number of amides is 1. The van der Waals surface area contributed by atoms with Gasteiger partial charge < -0.3 is 4.90 Å². The SMILES string of the molecule is CN(C(=O)c1c(-c2ccncc2)c(-c2ccc(S(C)(=O)=O)cc2)nn1C)c1ccccc1.